The van der Waals surface area contributed by atoms with Crippen LogP contribution in [0.4, 0.5) is 0 Å². The van der Waals surface area contributed by atoms with E-state index in [9.17, 15) is 4.79 Å². The minimum absolute atomic E-state index is 0.0810. The molecule has 1 amide bonds. The molecule has 1 aromatic rings. The standard InChI is InChI=1S/C14H23N3O2/c1-2-15-9-12-3-6-17(10-12)11-14(18)16-13-4-7-19-8-5-13/h3,6,10,13,15H,2,4-5,7-9,11H2,1H3,(H,16,18). The van der Waals surface area contributed by atoms with Gasteiger partial charge in [0.1, 0.15) is 6.54 Å². The highest BCUT2D eigenvalue weighted by molar-refractivity contribution is 5.76. The molecular formula is C14H23N3O2. The molecule has 1 aliphatic heterocycles. The van der Waals surface area contributed by atoms with Gasteiger partial charge in [-0.05, 0) is 31.0 Å². The summed E-state index contributed by atoms with van der Waals surface area (Å²) in [6, 6.07) is 2.32. The number of carbonyl (C=O) groups excluding carboxylic acids is 1. The average Bonchev–Trinajstić information content (AvgIpc) is 2.85. The maximum Gasteiger partial charge on any atom is 0.240 e. The summed E-state index contributed by atoms with van der Waals surface area (Å²) in [4.78, 5) is 11.9. The Labute approximate surface area is 114 Å². The predicted molar refractivity (Wildman–Crippen MR) is 73.8 cm³/mol. The van der Waals surface area contributed by atoms with Gasteiger partial charge < -0.3 is 19.9 Å². The third-order valence-electron chi connectivity index (χ3n) is 3.30. The Bertz CT molecular complexity index is 397. The average molecular weight is 265 g/mol. The second-order valence-electron chi connectivity index (χ2n) is 4.93. The number of amides is 1. The molecule has 0 aromatic carbocycles. The van der Waals surface area contributed by atoms with E-state index in [0.717, 1.165) is 39.1 Å². The van der Waals surface area contributed by atoms with Crippen molar-refractivity contribution in [2.45, 2.75) is 38.9 Å². The molecule has 0 atom stereocenters. The molecule has 1 saturated heterocycles. The second-order valence-corrected chi connectivity index (χ2v) is 4.93. The Hall–Kier alpha value is -1.33. The van der Waals surface area contributed by atoms with Gasteiger partial charge >= 0.3 is 0 Å². The smallest absolute Gasteiger partial charge is 0.240 e. The first-order chi connectivity index (χ1) is 9.28. The van der Waals surface area contributed by atoms with Gasteiger partial charge in [0.25, 0.3) is 0 Å². The molecule has 5 nitrogen and oxygen atoms in total. The highest BCUT2D eigenvalue weighted by Gasteiger charge is 2.15. The fraction of sp³-hybridized carbons (Fsp3) is 0.643. The van der Waals surface area contributed by atoms with Gasteiger partial charge in [-0.1, -0.05) is 6.92 Å². The van der Waals surface area contributed by atoms with E-state index < -0.39 is 0 Å². The number of hydrogen-bond donors (Lipinski definition) is 2. The van der Waals surface area contributed by atoms with E-state index >= 15 is 0 Å². The van der Waals surface area contributed by atoms with Crippen molar-refractivity contribution >= 4 is 5.91 Å². The lowest BCUT2D eigenvalue weighted by molar-refractivity contribution is -0.122. The van der Waals surface area contributed by atoms with Gasteiger partial charge in [-0.2, -0.15) is 0 Å². The number of rotatable bonds is 6. The lowest BCUT2D eigenvalue weighted by atomic mass is 10.1. The molecule has 0 bridgehead atoms. The van der Waals surface area contributed by atoms with Crippen molar-refractivity contribution in [2.24, 2.45) is 0 Å². The van der Waals surface area contributed by atoms with Crippen molar-refractivity contribution in [1.29, 1.82) is 0 Å². The SMILES string of the molecule is CCNCc1ccn(CC(=O)NC2CCOCC2)c1. The molecule has 0 radical (unpaired) electrons. The Balaban J connectivity index is 1.76. The lowest BCUT2D eigenvalue weighted by Gasteiger charge is -2.23. The molecule has 1 fully saturated rings. The monoisotopic (exact) mass is 265 g/mol. The minimum Gasteiger partial charge on any atom is -0.381 e. The lowest BCUT2D eigenvalue weighted by Crippen LogP contribution is -2.40. The van der Waals surface area contributed by atoms with E-state index in [1.54, 1.807) is 0 Å². The fourth-order valence-corrected chi connectivity index (χ4v) is 2.24. The van der Waals surface area contributed by atoms with Crippen LogP contribution in [0.15, 0.2) is 18.5 Å². The van der Waals surface area contributed by atoms with Crippen molar-refractivity contribution in [3.8, 4) is 0 Å². The summed E-state index contributed by atoms with van der Waals surface area (Å²) in [5.41, 5.74) is 1.21. The quantitative estimate of drug-likeness (QED) is 0.803. The summed E-state index contributed by atoms with van der Waals surface area (Å²) in [7, 11) is 0. The van der Waals surface area contributed by atoms with Gasteiger partial charge in [0, 0.05) is 38.2 Å². The Morgan fingerprint density at radius 3 is 3.00 bits per heavy atom. The van der Waals surface area contributed by atoms with Crippen LogP contribution in [0.1, 0.15) is 25.3 Å². The van der Waals surface area contributed by atoms with Gasteiger partial charge in [-0.15, -0.1) is 0 Å². The molecule has 1 aromatic heterocycles. The zero-order valence-electron chi connectivity index (χ0n) is 11.5. The fourth-order valence-electron chi connectivity index (χ4n) is 2.24. The van der Waals surface area contributed by atoms with E-state index in [0.29, 0.717) is 6.54 Å². The number of nitrogens with one attached hydrogen (secondary N) is 2. The van der Waals surface area contributed by atoms with Crippen molar-refractivity contribution in [3.05, 3.63) is 24.0 Å². The summed E-state index contributed by atoms with van der Waals surface area (Å²) in [5.74, 6) is 0.0810. The molecule has 19 heavy (non-hydrogen) atoms. The topological polar surface area (TPSA) is 55.3 Å². The number of aromatic nitrogens is 1. The van der Waals surface area contributed by atoms with Crippen LogP contribution in [-0.2, 0) is 22.6 Å². The van der Waals surface area contributed by atoms with E-state index in [1.165, 1.54) is 5.56 Å². The number of ether oxygens (including phenoxy) is 1. The highest BCUT2D eigenvalue weighted by atomic mass is 16.5. The van der Waals surface area contributed by atoms with Crippen LogP contribution in [-0.4, -0.2) is 36.3 Å². The van der Waals surface area contributed by atoms with Crippen molar-refractivity contribution < 1.29 is 9.53 Å². The summed E-state index contributed by atoms with van der Waals surface area (Å²) < 4.78 is 7.21. The van der Waals surface area contributed by atoms with Gasteiger partial charge in [-0.25, -0.2) is 0 Å². The Kier molecular flexibility index (Phi) is 5.42. The molecule has 0 aliphatic carbocycles. The maximum atomic E-state index is 11.9. The molecule has 106 valence electrons. The van der Waals surface area contributed by atoms with E-state index in [4.69, 9.17) is 4.74 Å². The summed E-state index contributed by atoms with van der Waals surface area (Å²) >= 11 is 0. The number of hydrogen-bond acceptors (Lipinski definition) is 3. The normalized spacial score (nSPS) is 16.5. The molecule has 2 rings (SSSR count). The molecule has 2 heterocycles. The molecular weight excluding hydrogens is 242 g/mol. The van der Waals surface area contributed by atoms with Crippen LogP contribution in [0.3, 0.4) is 0 Å². The third-order valence-corrected chi connectivity index (χ3v) is 3.30. The predicted octanol–water partition coefficient (Wildman–Crippen LogP) is 0.893. The van der Waals surface area contributed by atoms with Crippen LogP contribution in [0.5, 0.6) is 0 Å². The molecule has 0 saturated carbocycles. The molecule has 0 unspecified atom stereocenters. The Morgan fingerprint density at radius 2 is 2.26 bits per heavy atom. The van der Waals surface area contributed by atoms with Gasteiger partial charge in [0.2, 0.25) is 5.91 Å². The summed E-state index contributed by atoms with van der Waals surface area (Å²) in [6.07, 6.45) is 5.81. The number of nitrogens with zero attached hydrogens (tertiary/aromatic N) is 1. The van der Waals surface area contributed by atoms with E-state index in [-0.39, 0.29) is 11.9 Å². The summed E-state index contributed by atoms with van der Waals surface area (Å²) in [6.45, 7) is 5.78. The van der Waals surface area contributed by atoms with Crippen LogP contribution < -0.4 is 10.6 Å². The van der Waals surface area contributed by atoms with Crippen LogP contribution in [0.2, 0.25) is 0 Å². The molecule has 1 aliphatic rings. The largest absolute Gasteiger partial charge is 0.381 e. The number of carbonyl (C=O) groups is 1. The zero-order valence-corrected chi connectivity index (χ0v) is 11.5. The molecule has 0 spiro atoms. The minimum atomic E-state index is 0.0810. The second kappa shape index (κ2) is 7.31. The third kappa shape index (κ3) is 4.69. The van der Waals surface area contributed by atoms with Gasteiger partial charge in [0.05, 0.1) is 0 Å². The van der Waals surface area contributed by atoms with Crippen LogP contribution in [0.25, 0.3) is 0 Å². The van der Waals surface area contributed by atoms with Gasteiger partial charge in [-0.3, -0.25) is 4.79 Å². The first-order valence-corrected chi connectivity index (χ1v) is 7.00. The first-order valence-electron chi connectivity index (χ1n) is 7.00. The Morgan fingerprint density at radius 1 is 1.47 bits per heavy atom. The van der Waals surface area contributed by atoms with Crippen molar-refractivity contribution in [1.82, 2.24) is 15.2 Å². The van der Waals surface area contributed by atoms with Crippen LogP contribution in [0, 0.1) is 0 Å². The van der Waals surface area contributed by atoms with Crippen molar-refractivity contribution in [2.75, 3.05) is 19.8 Å². The van der Waals surface area contributed by atoms with Gasteiger partial charge in [0.15, 0.2) is 0 Å². The maximum absolute atomic E-state index is 11.9. The van der Waals surface area contributed by atoms with E-state index in [1.807, 2.05) is 23.0 Å². The van der Waals surface area contributed by atoms with Crippen molar-refractivity contribution in [3.63, 3.8) is 0 Å². The molecule has 2 N–H and O–H groups in total. The zero-order chi connectivity index (χ0) is 13.5. The first kappa shape index (κ1) is 14.1. The summed E-state index contributed by atoms with van der Waals surface area (Å²) in [5, 5.41) is 6.33. The highest BCUT2D eigenvalue weighted by Crippen LogP contribution is 2.06. The van der Waals surface area contributed by atoms with E-state index in [2.05, 4.69) is 17.6 Å². The van der Waals surface area contributed by atoms with Crippen LogP contribution >= 0.6 is 0 Å². The molecule has 5 heteroatoms.